The second-order valence-corrected chi connectivity index (χ2v) is 4.24. The van der Waals surface area contributed by atoms with E-state index in [0.29, 0.717) is 11.3 Å². The number of hydrogen-bond donors (Lipinski definition) is 1. The number of pyridine rings is 1. The fraction of sp³-hybridized carbons (Fsp3) is 0.357. The number of aromatic hydroxyl groups is 1. The first-order valence-electron chi connectivity index (χ1n) is 5.80. The number of rotatable bonds is 3. The van der Waals surface area contributed by atoms with E-state index in [2.05, 4.69) is 18.0 Å². The lowest BCUT2D eigenvalue weighted by atomic mass is 10.0. The quantitative estimate of drug-likeness (QED) is 0.848. The van der Waals surface area contributed by atoms with Crippen molar-refractivity contribution < 1.29 is 5.11 Å². The first kappa shape index (κ1) is 10.9. The molecule has 1 N–H and O–H groups in total. The van der Waals surface area contributed by atoms with Crippen LogP contribution in [-0.4, -0.2) is 10.1 Å². The summed E-state index contributed by atoms with van der Waals surface area (Å²) in [6, 6.07) is 7.96. The normalized spacial score (nSPS) is 10.9. The summed E-state index contributed by atoms with van der Waals surface area (Å²) in [4.78, 5) is 4.35. The van der Waals surface area contributed by atoms with Crippen LogP contribution in [0.4, 0.5) is 0 Å². The molecule has 2 heteroatoms. The molecule has 0 aliphatic rings. The van der Waals surface area contributed by atoms with Crippen LogP contribution < -0.4 is 0 Å². The van der Waals surface area contributed by atoms with Crippen LogP contribution in [0, 0.1) is 6.92 Å². The van der Waals surface area contributed by atoms with Crippen molar-refractivity contribution >= 4 is 10.9 Å². The highest BCUT2D eigenvalue weighted by Gasteiger charge is 2.04. The molecule has 16 heavy (non-hydrogen) atoms. The van der Waals surface area contributed by atoms with Crippen molar-refractivity contribution in [3.63, 3.8) is 0 Å². The number of hydrogen-bond acceptors (Lipinski definition) is 2. The monoisotopic (exact) mass is 215 g/mol. The van der Waals surface area contributed by atoms with Crippen LogP contribution in [0.3, 0.4) is 0 Å². The minimum Gasteiger partial charge on any atom is -0.506 e. The van der Waals surface area contributed by atoms with Crippen LogP contribution in [0.5, 0.6) is 5.75 Å². The number of aromatic nitrogens is 1. The molecule has 1 heterocycles. The third-order valence-corrected chi connectivity index (χ3v) is 2.79. The van der Waals surface area contributed by atoms with Crippen molar-refractivity contribution in [2.75, 3.05) is 0 Å². The molecule has 0 atom stereocenters. The summed E-state index contributed by atoms with van der Waals surface area (Å²) < 4.78 is 0. The molecule has 1 aromatic heterocycles. The van der Waals surface area contributed by atoms with E-state index in [0.717, 1.165) is 23.9 Å². The smallest absolute Gasteiger partial charge is 0.142 e. The van der Waals surface area contributed by atoms with E-state index in [1.165, 1.54) is 12.0 Å². The number of phenols is 1. The Morgan fingerprint density at radius 1 is 1.25 bits per heavy atom. The lowest BCUT2D eigenvalue weighted by Crippen LogP contribution is -1.88. The molecule has 0 saturated carbocycles. The predicted molar refractivity (Wildman–Crippen MR) is 66.8 cm³/mol. The Balaban J connectivity index is 2.46. The lowest BCUT2D eigenvalue weighted by Gasteiger charge is -2.06. The zero-order chi connectivity index (χ0) is 11.5. The van der Waals surface area contributed by atoms with Crippen molar-refractivity contribution in [1.29, 1.82) is 0 Å². The van der Waals surface area contributed by atoms with Gasteiger partial charge in [-0.15, -0.1) is 0 Å². The maximum atomic E-state index is 9.91. The van der Waals surface area contributed by atoms with Gasteiger partial charge in [0.2, 0.25) is 0 Å². The fourth-order valence-electron chi connectivity index (χ4n) is 1.90. The Labute approximate surface area is 96.0 Å². The van der Waals surface area contributed by atoms with Gasteiger partial charge in [-0.05, 0) is 43.5 Å². The molecular formula is C14H17NO. The minimum atomic E-state index is 0.298. The van der Waals surface area contributed by atoms with Crippen molar-refractivity contribution in [3.8, 4) is 5.75 Å². The Morgan fingerprint density at radius 3 is 2.81 bits per heavy atom. The van der Waals surface area contributed by atoms with Crippen LogP contribution in [0.15, 0.2) is 24.3 Å². The van der Waals surface area contributed by atoms with E-state index in [-0.39, 0.29) is 0 Å². The summed E-state index contributed by atoms with van der Waals surface area (Å²) >= 11 is 0. The molecular weight excluding hydrogens is 198 g/mol. The van der Waals surface area contributed by atoms with Crippen LogP contribution >= 0.6 is 0 Å². The topological polar surface area (TPSA) is 33.1 Å². The zero-order valence-corrected chi connectivity index (χ0v) is 9.83. The Hall–Kier alpha value is -1.57. The van der Waals surface area contributed by atoms with Crippen LogP contribution in [0.25, 0.3) is 10.9 Å². The number of unbranched alkanes of at least 4 members (excludes halogenated alkanes) is 1. The summed E-state index contributed by atoms with van der Waals surface area (Å²) in [6.07, 6.45) is 3.35. The molecule has 0 amide bonds. The van der Waals surface area contributed by atoms with Gasteiger partial charge < -0.3 is 5.11 Å². The first-order chi connectivity index (χ1) is 7.70. The summed E-state index contributed by atoms with van der Waals surface area (Å²) in [5, 5.41) is 10.9. The zero-order valence-electron chi connectivity index (χ0n) is 9.83. The fourth-order valence-corrected chi connectivity index (χ4v) is 1.90. The molecule has 2 aromatic rings. The van der Waals surface area contributed by atoms with Gasteiger partial charge >= 0.3 is 0 Å². The number of fused-ring (bicyclic) bond motifs is 1. The number of phenolic OH excluding ortho intramolecular Hbond substituents is 1. The molecule has 0 bridgehead atoms. The highest BCUT2D eigenvalue weighted by molar-refractivity contribution is 5.85. The van der Waals surface area contributed by atoms with Crippen molar-refractivity contribution in [2.24, 2.45) is 0 Å². The van der Waals surface area contributed by atoms with Gasteiger partial charge in [0.25, 0.3) is 0 Å². The van der Waals surface area contributed by atoms with Crippen molar-refractivity contribution in [1.82, 2.24) is 4.98 Å². The van der Waals surface area contributed by atoms with E-state index in [4.69, 9.17) is 0 Å². The minimum absolute atomic E-state index is 0.298. The van der Waals surface area contributed by atoms with Gasteiger partial charge in [0.05, 0.1) is 0 Å². The van der Waals surface area contributed by atoms with Gasteiger partial charge in [-0.3, -0.25) is 0 Å². The van der Waals surface area contributed by atoms with E-state index in [9.17, 15) is 5.11 Å². The van der Waals surface area contributed by atoms with Crippen LogP contribution in [-0.2, 0) is 6.42 Å². The molecule has 0 unspecified atom stereocenters. The van der Waals surface area contributed by atoms with Crippen molar-refractivity contribution in [2.45, 2.75) is 33.1 Å². The van der Waals surface area contributed by atoms with Gasteiger partial charge in [0.15, 0.2) is 0 Å². The van der Waals surface area contributed by atoms with E-state index in [1.807, 2.05) is 25.1 Å². The van der Waals surface area contributed by atoms with E-state index >= 15 is 0 Å². The number of aryl methyl sites for hydroxylation is 2. The maximum absolute atomic E-state index is 9.91. The second-order valence-electron chi connectivity index (χ2n) is 4.24. The average Bonchev–Trinajstić information content (AvgIpc) is 2.27. The molecule has 0 aliphatic heterocycles. The van der Waals surface area contributed by atoms with Gasteiger partial charge in [-0.2, -0.15) is 0 Å². The Kier molecular flexibility index (Phi) is 3.09. The van der Waals surface area contributed by atoms with Gasteiger partial charge in [0.1, 0.15) is 11.3 Å². The molecule has 0 aliphatic carbocycles. The molecule has 0 spiro atoms. The first-order valence-corrected chi connectivity index (χ1v) is 5.80. The number of nitrogens with zero attached hydrogens (tertiary/aromatic N) is 1. The van der Waals surface area contributed by atoms with E-state index < -0.39 is 0 Å². The summed E-state index contributed by atoms with van der Waals surface area (Å²) in [7, 11) is 0. The molecule has 84 valence electrons. The highest BCUT2D eigenvalue weighted by Crippen LogP contribution is 2.25. The molecule has 0 radical (unpaired) electrons. The Bertz CT molecular complexity index is 505. The van der Waals surface area contributed by atoms with Crippen LogP contribution in [0.2, 0.25) is 0 Å². The molecule has 2 rings (SSSR count). The second kappa shape index (κ2) is 4.52. The van der Waals surface area contributed by atoms with Crippen molar-refractivity contribution in [3.05, 3.63) is 35.5 Å². The standard InChI is InChI=1S/C14H17NO/c1-3-4-5-11-8-12-7-6-10(2)15-14(12)13(16)9-11/h6-9,16H,3-5H2,1-2H3. The largest absolute Gasteiger partial charge is 0.506 e. The van der Waals surface area contributed by atoms with Gasteiger partial charge in [0, 0.05) is 11.1 Å². The molecule has 2 nitrogen and oxygen atoms in total. The molecule has 0 fully saturated rings. The summed E-state index contributed by atoms with van der Waals surface area (Å²) in [5.74, 6) is 0.298. The third kappa shape index (κ3) is 2.16. The molecule has 1 aromatic carbocycles. The predicted octanol–water partition coefficient (Wildman–Crippen LogP) is 3.59. The highest BCUT2D eigenvalue weighted by atomic mass is 16.3. The molecule has 0 saturated heterocycles. The number of benzene rings is 1. The summed E-state index contributed by atoms with van der Waals surface area (Å²) in [5.41, 5.74) is 2.84. The lowest BCUT2D eigenvalue weighted by molar-refractivity contribution is 0.479. The SMILES string of the molecule is CCCCc1cc(O)c2nc(C)ccc2c1. The average molecular weight is 215 g/mol. The van der Waals surface area contributed by atoms with Crippen LogP contribution in [0.1, 0.15) is 31.0 Å². The third-order valence-electron chi connectivity index (χ3n) is 2.79. The Morgan fingerprint density at radius 2 is 2.06 bits per heavy atom. The van der Waals surface area contributed by atoms with Gasteiger partial charge in [-0.1, -0.05) is 19.4 Å². The van der Waals surface area contributed by atoms with E-state index in [1.54, 1.807) is 0 Å². The van der Waals surface area contributed by atoms with Gasteiger partial charge in [-0.25, -0.2) is 4.98 Å². The maximum Gasteiger partial charge on any atom is 0.142 e. The summed E-state index contributed by atoms with van der Waals surface area (Å²) in [6.45, 7) is 4.11.